The molecule has 36 heavy (non-hydrogen) atoms. The number of rotatable bonds is 6. The van der Waals surface area contributed by atoms with Crippen LogP contribution in [-0.4, -0.2) is 16.1 Å². The van der Waals surface area contributed by atoms with E-state index in [0.29, 0.717) is 22.3 Å². The van der Waals surface area contributed by atoms with E-state index in [4.69, 9.17) is 4.74 Å². The molecular formula is C29H20F3NO3. The summed E-state index contributed by atoms with van der Waals surface area (Å²) in [5, 5.41) is 11.2. The molecule has 5 rings (SSSR count). The van der Waals surface area contributed by atoms with Crippen LogP contribution in [0, 0.1) is 0 Å². The Morgan fingerprint density at radius 2 is 1.58 bits per heavy atom. The van der Waals surface area contributed by atoms with Gasteiger partial charge in [0, 0.05) is 17.0 Å². The normalized spacial score (nSPS) is 11.6. The highest BCUT2D eigenvalue weighted by Crippen LogP contribution is 2.37. The highest BCUT2D eigenvalue weighted by Gasteiger charge is 2.33. The van der Waals surface area contributed by atoms with Crippen molar-refractivity contribution in [3.8, 4) is 16.9 Å². The van der Waals surface area contributed by atoms with Gasteiger partial charge in [-0.3, -0.25) is 9.78 Å². The summed E-state index contributed by atoms with van der Waals surface area (Å²) < 4.78 is 46.6. The van der Waals surface area contributed by atoms with Crippen LogP contribution in [-0.2, 0) is 24.0 Å². The van der Waals surface area contributed by atoms with E-state index < -0.39 is 17.7 Å². The van der Waals surface area contributed by atoms with Crippen LogP contribution in [0.15, 0.2) is 91.1 Å². The van der Waals surface area contributed by atoms with Gasteiger partial charge in [0.2, 0.25) is 0 Å². The molecule has 0 spiro atoms. The third kappa shape index (κ3) is 4.60. The summed E-state index contributed by atoms with van der Waals surface area (Å²) in [4.78, 5) is 15.2. The predicted molar refractivity (Wildman–Crippen MR) is 132 cm³/mol. The van der Waals surface area contributed by atoms with Crippen molar-refractivity contribution < 1.29 is 27.8 Å². The van der Waals surface area contributed by atoms with Gasteiger partial charge < -0.3 is 9.84 Å². The second-order valence-corrected chi connectivity index (χ2v) is 8.39. The summed E-state index contributed by atoms with van der Waals surface area (Å²) in [5.74, 6) is -0.286. The van der Waals surface area contributed by atoms with E-state index >= 15 is 0 Å². The summed E-state index contributed by atoms with van der Waals surface area (Å²) in [6, 6.07) is 24.2. The molecule has 4 aromatic carbocycles. The first-order valence-corrected chi connectivity index (χ1v) is 11.2. The molecule has 0 aliphatic rings. The molecule has 180 valence electrons. The Kier molecular flexibility index (Phi) is 6.06. The molecule has 1 heterocycles. The molecule has 1 aromatic heterocycles. The lowest BCUT2D eigenvalue weighted by atomic mass is 9.98. The van der Waals surface area contributed by atoms with Gasteiger partial charge in [-0.25, -0.2) is 0 Å². The molecule has 0 radical (unpaired) electrons. The summed E-state index contributed by atoms with van der Waals surface area (Å²) >= 11 is 0. The van der Waals surface area contributed by atoms with E-state index in [1.54, 1.807) is 24.3 Å². The van der Waals surface area contributed by atoms with Crippen LogP contribution in [0.4, 0.5) is 13.2 Å². The standard InChI is InChI=1S/C29H20F3NO3/c30-29(31,32)25-11-3-10-24-22(13-14-33-28(24)25)19-6-1-5-18(15-19)17-36-26-12-4-8-21-20(16-27(34)35)7-2-9-23(21)26/h1-15H,16-17H2,(H,34,35). The molecule has 0 saturated carbocycles. The maximum atomic E-state index is 13.5. The van der Waals surface area contributed by atoms with Crippen molar-refractivity contribution in [3.05, 3.63) is 108 Å². The smallest absolute Gasteiger partial charge is 0.418 e. The van der Waals surface area contributed by atoms with Crippen molar-refractivity contribution in [1.29, 1.82) is 0 Å². The minimum atomic E-state index is -4.50. The minimum Gasteiger partial charge on any atom is -0.488 e. The predicted octanol–water partition coefficient (Wildman–Crippen LogP) is 7.28. The van der Waals surface area contributed by atoms with Gasteiger partial charge in [0.15, 0.2) is 0 Å². The quantitative estimate of drug-likeness (QED) is 0.273. The van der Waals surface area contributed by atoms with E-state index in [-0.39, 0.29) is 18.5 Å². The molecule has 0 saturated heterocycles. The first kappa shape index (κ1) is 23.4. The maximum absolute atomic E-state index is 13.5. The Balaban J connectivity index is 1.46. The van der Waals surface area contributed by atoms with Crippen LogP contribution in [0.3, 0.4) is 0 Å². The number of halogens is 3. The SMILES string of the molecule is O=C(O)Cc1cccc2c(OCc3cccc(-c4ccnc5c(C(F)(F)F)cccc45)c3)cccc12. The number of nitrogens with zero attached hydrogens (tertiary/aromatic N) is 1. The van der Waals surface area contributed by atoms with Gasteiger partial charge in [0.05, 0.1) is 17.5 Å². The fourth-order valence-corrected chi connectivity index (χ4v) is 4.44. The lowest BCUT2D eigenvalue weighted by Gasteiger charge is -2.14. The van der Waals surface area contributed by atoms with Crippen LogP contribution in [0.1, 0.15) is 16.7 Å². The van der Waals surface area contributed by atoms with Crippen LogP contribution < -0.4 is 4.74 Å². The maximum Gasteiger partial charge on any atom is 0.418 e. The fraction of sp³-hybridized carbons (Fsp3) is 0.103. The Morgan fingerprint density at radius 3 is 2.39 bits per heavy atom. The van der Waals surface area contributed by atoms with Crippen LogP contribution in [0.25, 0.3) is 32.8 Å². The van der Waals surface area contributed by atoms with Crippen molar-refractivity contribution in [2.45, 2.75) is 19.2 Å². The van der Waals surface area contributed by atoms with Gasteiger partial charge in [0.25, 0.3) is 0 Å². The number of pyridine rings is 1. The lowest BCUT2D eigenvalue weighted by molar-refractivity contribution is -0.137. The van der Waals surface area contributed by atoms with Gasteiger partial charge in [-0.05, 0) is 51.9 Å². The Bertz CT molecular complexity index is 1590. The largest absolute Gasteiger partial charge is 0.488 e. The number of fused-ring (bicyclic) bond motifs is 2. The minimum absolute atomic E-state index is 0.0845. The van der Waals surface area contributed by atoms with Crippen molar-refractivity contribution in [3.63, 3.8) is 0 Å². The van der Waals surface area contributed by atoms with Crippen molar-refractivity contribution >= 4 is 27.6 Å². The number of para-hydroxylation sites is 1. The van der Waals surface area contributed by atoms with Gasteiger partial charge in [-0.1, -0.05) is 60.7 Å². The Labute approximate surface area is 204 Å². The zero-order valence-electron chi connectivity index (χ0n) is 18.9. The Morgan fingerprint density at radius 1 is 0.861 bits per heavy atom. The first-order chi connectivity index (χ1) is 17.3. The number of aromatic nitrogens is 1. The molecule has 0 aliphatic heterocycles. The van der Waals surface area contributed by atoms with Crippen LogP contribution >= 0.6 is 0 Å². The van der Waals surface area contributed by atoms with Gasteiger partial charge >= 0.3 is 12.1 Å². The zero-order valence-corrected chi connectivity index (χ0v) is 18.9. The number of hydrogen-bond acceptors (Lipinski definition) is 3. The highest BCUT2D eigenvalue weighted by atomic mass is 19.4. The number of carbonyl (C=O) groups is 1. The topological polar surface area (TPSA) is 59.4 Å². The molecule has 4 nitrogen and oxygen atoms in total. The zero-order chi connectivity index (χ0) is 25.3. The molecule has 0 fully saturated rings. The molecule has 1 N–H and O–H groups in total. The van der Waals surface area contributed by atoms with Gasteiger partial charge in [0.1, 0.15) is 12.4 Å². The summed E-state index contributed by atoms with van der Waals surface area (Å²) in [6.07, 6.45) is -3.19. The third-order valence-electron chi connectivity index (χ3n) is 6.02. The number of ether oxygens (including phenoxy) is 1. The number of carboxylic acid groups (broad SMARTS) is 1. The number of benzene rings is 4. The summed E-state index contributed by atoms with van der Waals surface area (Å²) in [6.45, 7) is 0.229. The fourth-order valence-electron chi connectivity index (χ4n) is 4.44. The van der Waals surface area contributed by atoms with Gasteiger partial charge in [-0.2, -0.15) is 13.2 Å². The second kappa shape index (κ2) is 9.34. The van der Waals surface area contributed by atoms with E-state index in [1.807, 2.05) is 48.5 Å². The van der Waals surface area contributed by atoms with E-state index in [2.05, 4.69) is 4.98 Å². The number of aliphatic carboxylic acids is 1. The van der Waals surface area contributed by atoms with Crippen molar-refractivity contribution in [1.82, 2.24) is 4.98 Å². The van der Waals surface area contributed by atoms with Crippen LogP contribution in [0.5, 0.6) is 5.75 Å². The monoisotopic (exact) mass is 487 g/mol. The third-order valence-corrected chi connectivity index (χ3v) is 6.02. The van der Waals surface area contributed by atoms with Crippen molar-refractivity contribution in [2.24, 2.45) is 0 Å². The van der Waals surface area contributed by atoms with E-state index in [1.165, 1.54) is 12.3 Å². The molecule has 5 aromatic rings. The molecule has 0 amide bonds. The lowest BCUT2D eigenvalue weighted by Crippen LogP contribution is -2.06. The molecule has 0 bridgehead atoms. The molecular weight excluding hydrogens is 467 g/mol. The second-order valence-electron chi connectivity index (χ2n) is 8.39. The number of alkyl halides is 3. The van der Waals surface area contributed by atoms with Gasteiger partial charge in [-0.15, -0.1) is 0 Å². The average molecular weight is 487 g/mol. The van der Waals surface area contributed by atoms with Crippen molar-refractivity contribution in [2.75, 3.05) is 0 Å². The molecule has 0 aliphatic carbocycles. The highest BCUT2D eigenvalue weighted by molar-refractivity contribution is 5.96. The van der Waals surface area contributed by atoms with Crippen LogP contribution in [0.2, 0.25) is 0 Å². The Hall–Kier alpha value is -4.39. The van der Waals surface area contributed by atoms with E-state index in [0.717, 1.165) is 28.0 Å². The number of hydrogen-bond donors (Lipinski definition) is 1. The molecule has 0 unspecified atom stereocenters. The average Bonchev–Trinajstić information content (AvgIpc) is 2.86. The molecule has 7 heteroatoms. The number of carboxylic acids is 1. The van der Waals surface area contributed by atoms with E-state index in [9.17, 15) is 23.1 Å². The first-order valence-electron chi connectivity index (χ1n) is 11.2. The summed E-state index contributed by atoms with van der Waals surface area (Å²) in [5.41, 5.74) is 2.09. The summed E-state index contributed by atoms with van der Waals surface area (Å²) in [7, 11) is 0. The molecule has 0 atom stereocenters.